The maximum Gasteiger partial charge on any atom is 0.330 e. The van der Waals surface area contributed by atoms with Crippen molar-refractivity contribution in [3.63, 3.8) is 0 Å². The first kappa shape index (κ1) is 14.8. The molecule has 2 aromatic heterocycles. The van der Waals surface area contributed by atoms with Crippen molar-refractivity contribution in [3.8, 4) is 0 Å². The average Bonchev–Trinajstić information content (AvgIpc) is 3.15. The smallest absolute Gasteiger partial charge is 0.299 e. The predicted molar refractivity (Wildman–Crippen MR) is 82.6 cm³/mol. The van der Waals surface area contributed by atoms with Crippen LogP contribution in [0.5, 0.6) is 0 Å². The second kappa shape index (κ2) is 5.92. The van der Waals surface area contributed by atoms with Crippen LogP contribution in [0.25, 0.3) is 0 Å². The Balaban J connectivity index is 1.80. The van der Waals surface area contributed by atoms with Crippen LogP contribution in [0.3, 0.4) is 0 Å². The lowest BCUT2D eigenvalue weighted by Gasteiger charge is -2.25. The van der Waals surface area contributed by atoms with Crippen molar-refractivity contribution < 1.29 is 0 Å². The average molecular weight is 303 g/mol. The largest absolute Gasteiger partial charge is 0.330 e. The van der Waals surface area contributed by atoms with Gasteiger partial charge in [0.2, 0.25) is 0 Å². The fourth-order valence-electron chi connectivity index (χ4n) is 3.07. The summed E-state index contributed by atoms with van der Waals surface area (Å²) in [4.78, 5) is 26.2. The van der Waals surface area contributed by atoms with E-state index in [-0.39, 0.29) is 11.2 Å². The summed E-state index contributed by atoms with van der Waals surface area (Å²) in [6.45, 7) is 2.44. The quantitative estimate of drug-likeness (QED) is 0.794. The first-order chi connectivity index (χ1) is 10.6. The number of hydrogen-bond donors (Lipinski definition) is 0. The summed E-state index contributed by atoms with van der Waals surface area (Å²) in [5, 5.41) is 4.26. The molecule has 1 aliphatic heterocycles. The highest BCUT2D eigenvalue weighted by molar-refractivity contribution is 5.03. The van der Waals surface area contributed by atoms with E-state index in [1.165, 1.54) is 7.05 Å². The zero-order chi connectivity index (χ0) is 15.7. The first-order valence-electron chi connectivity index (χ1n) is 7.53. The highest BCUT2D eigenvalue weighted by Gasteiger charge is 2.25. The molecule has 118 valence electrons. The van der Waals surface area contributed by atoms with Gasteiger partial charge in [-0.3, -0.25) is 23.5 Å². The molecule has 3 rings (SSSR count). The third-order valence-electron chi connectivity index (χ3n) is 4.45. The third-order valence-corrected chi connectivity index (χ3v) is 4.45. The second-order valence-electron chi connectivity index (χ2n) is 5.87. The van der Waals surface area contributed by atoms with Gasteiger partial charge in [0.25, 0.3) is 5.56 Å². The Hall–Kier alpha value is -2.15. The Morgan fingerprint density at radius 2 is 2.09 bits per heavy atom. The van der Waals surface area contributed by atoms with Gasteiger partial charge in [-0.2, -0.15) is 5.10 Å². The monoisotopic (exact) mass is 303 g/mol. The Kier molecular flexibility index (Phi) is 3.98. The Bertz CT molecular complexity index is 759. The van der Waals surface area contributed by atoms with E-state index in [1.807, 2.05) is 16.9 Å². The second-order valence-corrected chi connectivity index (χ2v) is 5.87. The molecule has 7 heteroatoms. The maximum absolute atomic E-state index is 12.0. The van der Waals surface area contributed by atoms with Crippen LogP contribution in [0.1, 0.15) is 18.5 Å². The summed E-state index contributed by atoms with van der Waals surface area (Å²) < 4.78 is 4.63. The maximum atomic E-state index is 12.0. The van der Waals surface area contributed by atoms with E-state index >= 15 is 0 Å². The minimum Gasteiger partial charge on any atom is -0.299 e. The van der Waals surface area contributed by atoms with E-state index in [9.17, 15) is 9.59 Å². The molecule has 0 aromatic carbocycles. The molecule has 0 bridgehead atoms. The molecule has 0 spiro atoms. The van der Waals surface area contributed by atoms with Gasteiger partial charge >= 0.3 is 5.69 Å². The fraction of sp³-hybridized carbons (Fsp3) is 0.533. The molecule has 0 N–H and O–H groups in total. The lowest BCUT2D eigenvalue weighted by molar-refractivity contribution is 0.213. The Morgan fingerprint density at radius 1 is 1.27 bits per heavy atom. The van der Waals surface area contributed by atoms with Gasteiger partial charge in [0.15, 0.2) is 0 Å². The van der Waals surface area contributed by atoms with Crippen LogP contribution in [-0.2, 0) is 27.2 Å². The molecule has 1 aliphatic rings. The van der Waals surface area contributed by atoms with Crippen LogP contribution in [0, 0.1) is 0 Å². The molecule has 1 fully saturated rings. The molecule has 1 atom stereocenters. The predicted octanol–water partition coefficient (Wildman–Crippen LogP) is -0.0549. The van der Waals surface area contributed by atoms with Crippen molar-refractivity contribution >= 4 is 0 Å². The molecular weight excluding hydrogens is 282 g/mol. The van der Waals surface area contributed by atoms with Crippen molar-refractivity contribution in [2.24, 2.45) is 14.1 Å². The Labute approximate surface area is 128 Å². The van der Waals surface area contributed by atoms with Crippen LogP contribution in [-0.4, -0.2) is 36.4 Å². The van der Waals surface area contributed by atoms with Gasteiger partial charge in [0, 0.05) is 50.8 Å². The number of nitrogens with zero attached hydrogens (tertiary/aromatic N) is 5. The van der Waals surface area contributed by atoms with E-state index in [1.54, 1.807) is 23.9 Å². The van der Waals surface area contributed by atoms with E-state index in [0.29, 0.717) is 12.6 Å². The van der Waals surface area contributed by atoms with Crippen LogP contribution >= 0.6 is 0 Å². The van der Waals surface area contributed by atoms with E-state index in [0.717, 1.165) is 36.2 Å². The molecule has 0 aliphatic carbocycles. The number of rotatable bonds is 4. The molecule has 1 saturated heterocycles. The van der Waals surface area contributed by atoms with Gasteiger partial charge in [0.05, 0.1) is 6.54 Å². The molecule has 0 saturated carbocycles. The zero-order valence-corrected chi connectivity index (χ0v) is 13.0. The number of aromatic nitrogens is 4. The van der Waals surface area contributed by atoms with Gasteiger partial charge in [-0.1, -0.05) is 0 Å². The van der Waals surface area contributed by atoms with E-state index in [2.05, 4.69) is 10.00 Å². The minimum absolute atomic E-state index is 0.249. The van der Waals surface area contributed by atoms with Crippen LogP contribution < -0.4 is 11.2 Å². The van der Waals surface area contributed by atoms with Gasteiger partial charge in [-0.15, -0.1) is 0 Å². The molecular formula is C15H21N5O2. The number of hydrogen-bond acceptors (Lipinski definition) is 4. The summed E-state index contributed by atoms with van der Waals surface area (Å²) in [5.74, 6) is 0. The van der Waals surface area contributed by atoms with Crippen molar-refractivity contribution in [2.75, 3.05) is 6.54 Å². The normalized spacial score (nSPS) is 18.9. The van der Waals surface area contributed by atoms with Crippen LogP contribution in [0.15, 0.2) is 34.1 Å². The molecule has 0 amide bonds. The van der Waals surface area contributed by atoms with Gasteiger partial charge in [-0.25, -0.2) is 4.79 Å². The summed E-state index contributed by atoms with van der Waals surface area (Å²) in [6.07, 6.45) is 5.98. The minimum atomic E-state index is -0.273. The van der Waals surface area contributed by atoms with Crippen molar-refractivity contribution in [1.29, 1.82) is 0 Å². The van der Waals surface area contributed by atoms with Crippen LogP contribution in [0.4, 0.5) is 0 Å². The molecule has 3 heterocycles. The van der Waals surface area contributed by atoms with Crippen molar-refractivity contribution in [1.82, 2.24) is 23.8 Å². The van der Waals surface area contributed by atoms with Gasteiger partial charge in [-0.05, 0) is 25.5 Å². The molecule has 0 radical (unpaired) electrons. The lowest BCUT2D eigenvalue weighted by atomic mass is 10.2. The highest BCUT2D eigenvalue weighted by Crippen LogP contribution is 2.20. The van der Waals surface area contributed by atoms with Crippen LogP contribution in [0.2, 0.25) is 0 Å². The standard InChI is InChI=1S/C15H21N5O2/c1-17-13(9-14(21)18(2)15(17)22)10-19-7-3-5-12(19)11-20-8-4-6-16-20/h4,6,8-9,12H,3,5,7,10-11H2,1-2H3/t12-/m1/s1. The van der Waals surface area contributed by atoms with E-state index in [4.69, 9.17) is 0 Å². The number of likely N-dealkylation sites (tertiary alicyclic amines) is 1. The summed E-state index contributed by atoms with van der Waals surface area (Å²) >= 11 is 0. The fourth-order valence-corrected chi connectivity index (χ4v) is 3.07. The summed E-state index contributed by atoms with van der Waals surface area (Å²) in [5.41, 5.74) is 0.242. The molecule has 22 heavy (non-hydrogen) atoms. The van der Waals surface area contributed by atoms with Crippen molar-refractivity contribution in [2.45, 2.75) is 32.0 Å². The topological polar surface area (TPSA) is 65.1 Å². The zero-order valence-electron chi connectivity index (χ0n) is 13.0. The Morgan fingerprint density at radius 3 is 2.82 bits per heavy atom. The summed E-state index contributed by atoms with van der Waals surface area (Å²) in [7, 11) is 3.22. The molecule has 0 unspecified atom stereocenters. The summed E-state index contributed by atoms with van der Waals surface area (Å²) in [6, 6.07) is 3.87. The van der Waals surface area contributed by atoms with Gasteiger partial charge < -0.3 is 0 Å². The van der Waals surface area contributed by atoms with Crippen molar-refractivity contribution in [3.05, 3.63) is 51.1 Å². The first-order valence-corrected chi connectivity index (χ1v) is 7.53. The molecule has 7 nitrogen and oxygen atoms in total. The SMILES string of the molecule is Cn1c(CN2CCC[C@@H]2Cn2cccn2)cc(=O)n(C)c1=O. The van der Waals surface area contributed by atoms with Gasteiger partial charge in [0.1, 0.15) is 0 Å². The van der Waals surface area contributed by atoms with E-state index < -0.39 is 0 Å². The molecule has 2 aromatic rings. The third kappa shape index (κ3) is 2.76. The highest BCUT2D eigenvalue weighted by atomic mass is 16.2. The lowest BCUT2D eigenvalue weighted by Crippen LogP contribution is -2.40.